The van der Waals surface area contributed by atoms with E-state index in [1.807, 2.05) is 20.8 Å². The van der Waals surface area contributed by atoms with Gasteiger partial charge >= 0.3 is 0 Å². The van der Waals surface area contributed by atoms with Crippen LogP contribution in [0.25, 0.3) is 11.0 Å². The third-order valence-corrected chi connectivity index (χ3v) is 4.36. The first-order chi connectivity index (χ1) is 10.3. The van der Waals surface area contributed by atoms with Gasteiger partial charge in [-0.05, 0) is 25.8 Å². The molecule has 22 heavy (non-hydrogen) atoms. The number of fused-ring (bicyclic) bond motifs is 1. The summed E-state index contributed by atoms with van der Waals surface area (Å²) in [6, 6.07) is 1.75. The van der Waals surface area contributed by atoms with E-state index in [9.17, 15) is 9.90 Å². The molecule has 2 unspecified atom stereocenters. The van der Waals surface area contributed by atoms with Gasteiger partial charge in [-0.1, -0.05) is 20.3 Å². The second-order valence-electron chi connectivity index (χ2n) is 6.17. The number of hydrogen-bond donors (Lipinski definition) is 2. The summed E-state index contributed by atoms with van der Waals surface area (Å²) in [6.07, 6.45) is 2.49. The number of aromatic nitrogens is 3. The number of nitrogens with zero attached hydrogens (tertiary/aromatic N) is 3. The van der Waals surface area contributed by atoms with Crippen LogP contribution in [0.3, 0.4) is 0 Å². The van der Waals surface area contributed by atoms with Gasteiger partial charge in [0.05, 0.1) is 22.7 Å². The summed E-state index contributed by atoms with van der Waals surface area (Å²) in [5, 5.41) is 18.1. The highest BCUT2D eigenvalue weighted by molar-refractivity contribution is 6.05. The van der Waals surface area contributed by atoms with Crippen molar-refractivity contribution in [3.8, 4) is 0 Å². The zero-order chi connectivity index (χ0) is 16.5. The number of carbonyl (C=O) groups excluding carboxylic acids is 1. The van der Waals surface area contributed by atoms with E-state index in [1.54, 1.807) is 30.9 Å². The number of amides is 1. The summed E-state index contributed by atoms with van der Waals surface area (Å²) in [7, 11) is 1.80. The molecule has 2 aromatic rings. The van der Waals surface area contributed by atoms with Gasteiger partial charge in [0.1, 0.15) is 0 Å². The van der Waals surface area contributed by atoms with Gasteiger partial charge in [0.15, 0.2) is 5.65 Å². The number of pyridine rings is 1. The second kappa shape index (κ2) is 6.04. The van der Waals surface area contributed by atoms with Gasteiger partial charge in [0.25, 0.3) is 5.91 Å². The normalized spacial score (nSPS) is 15.5. The van der Waals surface area contributed by atoms with Crippen molar-refractivity contribution in [2.45, 2.75) is 39.7 Å². The van der Waals surface area contributed by atoms with Gasteiger partial charge in [-0.25, -0.2) is 4.98 Å². The third-order valence-electron chi connectivity index (χ3n) is 4.36. The van der Waals surface area contributed by atoms with Crippen molar-refractivity contribution < 1.29 is 9.90 Å². The van der Waals surface area contributed by atoms with E-state index in [-0.39, 0.29) is 18.4 Å². The Bertz CT molecular complexity index is 691. The Labute approximate surface area is 130 Å². The van der Waals surface area contributed by atoms with Crippen LogP contribution in [-0.2, 0) is 7.05 Å². The highest BCUT2D eigenvalue weighted by atomic mass is 16.3. The van der Waals surface area contributed by atoms with E-state index < -0.39 is 5.60 Å². The molecule has 0 fully saturated rings. The number of aliphatic hydroxyl groups is 1. The van der Waals surface area contributed by atoms with Crippen LogP contribution in [0.5, 0.6) is 0 Å². The quantitative estimate of drug-likeness (QED) is 0.883. The molecule has 0 saturated heterocycles. The minimum atomic E-state index is -0.930. The molecule has 0 spiro atoms. The van der Waals surface area contributed by atoms with Gasteiger partial charge in [-0.2, -0.15) is 5.10 Å². The number of rotatable bonds is 5. The van der Waals surface area contributed by atoms with Gasteiger partial charge in [0, 0.05) is 19.3 Å². The lowest BCUT2D eigenvalue weighted by Gasteiger charge is -2.29. The first-order valence-electron chi connectivity index (χ1n) is 7.56. The first kappa shape index (κ1) is 16.4. The Morgan fingerprint density at radius 3 is 2.86 bits per heavy atom. The molecule has 0 aliphatic heterocycles. The number of nitrogens with one attached hydrogen (secondary N) is 1. The topological polar surface area (TPSA) is 80.0 Å². The van der Waals surface area contributed by atoms with E-state index in [2.05, 4.69) is 15.4 Å². The molecule has 0 aliphatic carbocycles. The van der Waals surface area contributed by atoms with Gasteiger partial charge in [-0.15, -0.1) is 0 Å². The van der Waals surface area contributed by atoms with E-state index in [1.165, 1.54) is 0 Å². The molecule has 2 heterocycles. The Hall–Kier alpha value is -1.95. The number of carbonyl (C=O) groups is 1. The van der Waals surface area contributed by atoms with Crippen LogP contribution in [0.15, 0.2) is 12.3 Å². The Morgan fingerprint density at radius 1 is 1.55 bits per heavy atom. The van der Waals surface area contributed by atoms with Crippen LogP contribution in [0.1, 0.15) is 43.2 Å². The summed E-state index contributed by atoms with van der Waals surface area (Å²) in [4.78, 5) is 16.9. The summed E-state index contributed by atoms with van der Waals surface area (Å²) >= 11 is 0. The zero-order valence-electron chi connectivity index (χ0n) is 13.8. The molecule has 2 rings (SSSR count). The third kappa shape index (κ3) is 3.11. The standard InChI is InChI=1S/C16H24N4O2/c1-6-10(2)16(4,22)9-17-15(21)12-7-11(3)19-14-13(12)8-18-20(14)5/h7-8,10,22H,6,9H2,1-5H3,(H,17,21). The lowest BCUT2D eigenvalue weighted by molar-refractivity contribution is 0.00594. The van der Waals surface area contributed by atoms with Gasteiger partial charge in [-0.3, -0.25) is 9.48 Å². The number of aryl methyl sites for hydroxylation is 2. The summed E-state index contributed by atoms with van der Waals surface area (Å²) < 4.78 is 1.65. The smallest absolute Gasteiger partial charge is 0.252 e. The van der Waals surface area contributed by atoms with Crippen molar-refractivity contribution in [2.24, 2.45) is 13.0 Å². The van der Waals surface area contributed by atoms with Crippen LogP contribution < -0.4 is 5.32 Å². The fourth-order valence-electron chi connectivity index (χ4n) is 2.40. The Morgan fingerprint density at radius 2 is 2.23 bits per heavy atom. The van der Waals surface area contributed by atoms with E-state index in [0.717, 1.165) is 12.1 Å². The minimum absolute atomic E-state index is 0.102. The highest BCUT2D eigenvalue weighted by Gasteiger charge is 2.28. The summed E-state index contributed by atoms with van der Waals surface area (Å²) in [5.41, 5.74) is 1.05. The predicted octanol–water partition coefficient (Wildman–Crippen LogP) is 1.80. The predicted molar refractivity (Wildman–Crippen MR) is 85.7 cm³/mol. The van der Waals surface area contributed by atoms with Gasteiger partial charge < -0.3 is 10.4 Å². The summed E-state index contributed by atoms with van der Waals surface area (Å²) in [6.45, 7) is 7.80. The molecule has 2 N–H and O–H groups in total. The maximum Gasteiger partial charge on any atom is 0.252 e. The molecule has 2 aromatic heterocycles. The maximum atomic E-state index is 12.5. The Kier molecular flexibility index (Phi) is 4.51. The molecule has 6 heteroatoms. The average molecular weight is 304 g/mol. The monoisotopic (exact) mass is 304 g/mol. The van der Waals surface area contributed by atoms with Crippen molar-refractivity contribution in [3.05, 3.63) is 23.5 Å². The average Bonchev–Trinajstić information content (AvgIpc) is 2.84. The molecule has 0 saturated carbocycles. The maximum absolute atomic E-state index is 12.5. The second-order valence-corrected chi connectivity index (χ2v) is 6.17. The fourth-order valence-corrected chi connectivity index (χ4v) is 2.40. The lowest BCUT2D eigenvalue weighted by atomic mass is 9.88. The van der Waals surface area contributed by atoms with Gasteiger partial charge in [0.2, 0.25) is 0 Å². The molecule has 0 radical (unpaired) electrons. The molecule has 0 bridgehead atoms. The molecular weight excluding hydrogens is 280 g/mol. The molecule has 120 valence electrons. The Balaban J connectivity index is 2.24. The fraction of sp³-hybridized carbons (Fsp3) is 0.562. The van der Waals surface area contributed by atoms with Crippen molar-refractivity contribution in [1.82, 2.24) is 20.1 Å². The van der Waals surface area contributed by atoms with Crippen molar-refractivity contribution in [1.29, 1.82) is 0 Å². The molecule has 0 aromatic carbocycles. The SMILES string of the molecule is CCC(C)C(C)(O)CNC(=O)c1cc(C)nc2c1cnn2C. The van der Waals surface area contributed by atoms with Crippen molar-refractivity contribution in [2.75, 3.05) is 6.54 Å². The van der Waals surface area contributed by atoms with E-state index in [0.29, 0.717) is 16.6 Å². The molecule has 2 atom stereocenters. The summed E-state index contributed by atoms with van der Waals surface area (Å²) in [5.74, 6) is -0.113. The molecule has 0 aliphatic rings. The van der Waals surface area contributed by atoms with Crippen molar-refractivity contribution >= 4 is 16.9 Å². The van der Waals surface area contributed by atoms with Crippen LogP contribution in [-0.4, -0.2) is 37.9 Å². The lowest BCUT2D eigenvalue weighted by Crippen LogP contribution is -2.45. The van der Waals surface area contributed by atoms with E-state index >= 15 is 0 Å². The van der Waals surface area contributed by atoms with E-state index in [4.69, 9.17) is 0 Å². The van der Waals surface area contributed by atoms with Crippen LogP contribution in [0, 0.1) is 12.8 Å². The van der Waals surface area contributed by atoms with Crippen molar-refractivity contribution in [3.63, 3.8) is 0 Å². The molecule has 6 nitrogen and oxygen atoms in total. The molecule has 1 amide bonds. The van der Waals surface area contributed by atoms with Crippen LogP contribution in [0.2, 0.25) is 0 Å². The zero-order valence-corrected chi connectivity index (χ0v) is 13.8. The minimum Gasteiger partial charge on any atom is -0.388 e. The van der Waals surface area contributed by atoms with Crippen LogP contribution >= 0.6 is 0 Å². The first-order valence-corrected chi connectivity index (χ1v) is 7.56. The van der Waals surface area contributed by atoms with Crippen LogP contribution in [0.4, 0.5) is 0 Å². The number of hydrogen-bond acceptors (Lipinski definition) is 4. The molecular formula is C16H24N4O2. The largest absolute Gasteiger partial charge is 0.388 e. The highest BCUT2D eigenvalue weighted by Crippen LogP contribution is 2.20.